The predicted molar refractivity (Wildman–Crippen MR) is 108 cm³/mol. The molecule has 0 aliphatic carbocycles. The van der Waals surface area contributed by atoms with Crippen LogP contribution in [0.2, 0.25) is 0 Å². The highest BCUT2D eigenvalue weighted by Gasteiger charge is 2.24. The number of hydrazone groups is 1. The van der Waals surface area contributed by atoms with Crippen molar-refractivity contribution in [1.29, 1.82) is 0 Å². The lowest BCUT2D eigenvalue weighted by Crippen LogP contribution is -2.36. The Kier molecular flexibility index (Phi) is 6.33. The van der Waals surface area contributed by atoms with Crippen molar-refractivity contribution in [3.8, 4) is 0 Å². The van der Waals surface area contributed by atoms with Gasteiger partial charge in [0.05, 0.1) is 6.54 Å². The number of benzene rings is 2. The number of hydrogen-bond acceptors (Lipinski definition) is 4. The summed E-state index contributed by atoms with van der Waals surface area (Å²) in [6.07, 6.45) is 0.752. The van der Waals surface area contributed by atoms with E-state index in [9.17, 15) is 18.8 Å². The van der Waals surface area contributed by atoms with Crippen LogP contribution in [0.5, 0.6) is 0 Å². The van der Waals surface area contributed by atoms with E-state index in [4.69, 9.17) is 0 Å². The largest absolute Gasteiger partial charge is 0.326 e. The average Bonchev–Trinajstić information content (AvgIpc) is 2.71. The quantitative estimate of drug-likeness (QED) is 0.785. The van der Waals surface area contributed by atoms with Crippen LogP contribution in [-0.2, 0) is 20.9 Å². The number of carbonyl (C=O) groups excluding carboxylic acids is 3. The SMILES string of the molecule is CCC(=O)Nc1cccc(NC(=O)C2=NN(Cc3ccc(F)cc3)C(=O)CC2)c1. The fourth-order valence-electron chi connectivity index (χ4n) is 2.78. The maximum atomic E-state index is 13.1. The summed E-state index contributed by atoms with van der Waals surface area (Å²) in [5.41, 5.74) is 2.03. The summed E-state index contributed by atoms with van der Waals surface area (Å²) in [6.45, 7) is 1.91. The normalized spacial score (nSPS) is 13.7. The fraction of sp³-hybridized carbons (Fsp3) is 0.238. The molecule has 8 heteroatoms. The summed E-state index contributed by atoms with van der Waals surface area (Å²) in [6, 6.07) is 12.6. The van der Waals surface area contributed by atoms with Gasteiger partial charge in [0.25, 0.3) is 5.91 Å². The van der Waals surface area contributed by atoms with Crippen LogP contribution >= 0.6 is 0 Å². The molecule has 1 aliphatic heterocycles. The Morgan fingerprint density at radius 1 is 1.07 bits per heavy atom. The van der Waals surface area contributed by atoms with Crippen LogP contribution in [0.4, 0.5) is 15.8 Å². The van der Waals surface area contributed by atoms with Crippen molar-refractivity contribution in [2.24, 2.45) is 5.10 Å². The molecule has 0 saturated heterocycles. The first-order chi connectivity index (χ1) is 13.9. The molecule has 0 saturated carbocycles. The number of hydrogen-bond donors (Lipinski definition) is 2. The Hall–Kier alpha value is -3.55. The topological polar surface area (TPSA) is 90.9 Å². The third-order valence-corrected chi connectivity index (χ3v) is 4.34. The first-order valence-electron chi connectivity index (χ1n) is 9.28. The van der Waals surface area contributed by atoms with Gasteiger partial charge < -0.3 is 10.6 Å². The Balaban J connectivity index is 1.69. The second kappa shape index (κ2) is 9.09. The zero-order valence-corrected chi connectivity index (χ0v) is 15.9. The zero-order chi connectivity index (χ0) is 20.8. The maximum absolute atomic E-state index is 13.1. The van der Waals surface area contributed by atoms with Gasteiger partial charge in [-0.25, -0.2) is 9.40 Å². The average molecular weight is 396 g/mol. The summed E-state index contributed by atoms with van der Waals surface area (Å²) in [7, 11) is 0. The van der Waals surface area contributed by atoms with Gasteiger partial charge in [0.1, 0.15) is 11.5 Å². The molecule has 0 aromatic heterocycles. The molecule has 0 radical (unpaired) electrons. The molecule has 2 N–H and O–H groups in total. The predicted octanol–water partition coefficient (Wildman–Crippen LogP) is 3.29. The molecule has 150 valence electrons. The minimum Gasteiger partial charge on any atom is -0.326 e. The van der Waals surface area contributed by atoms with E-state index in [1.807, 2.05) is 0 Å². The second-order valence-electron chi connectivity index (χ2n) is 6.56. The highest BCUT2D eigenvalue weighted by Crippen LogP contribution is 2.18. The molecular formula is C21H21FN4O3. The summed E-state index contributed by atoms with van der Waals surface area (Å²) >= 11 is 0. The van der Waals surface area contributed by atoms with Crippen molar-refractivity contribution in [2.75, 3.05) is 10.6 Å². The van der Waals surface area contributed by atoms with Gasteiger partial charge in [-0.2, -0.15) is 5.10 Å². The molecule has 2 aromatic rings. The molecular weight excluding hydrogens is 375 g/mol. The smallest absolute Gasteiger partial charge is 0.271 e. The van der Waals surface area contributed by atoms with Crippen LogP contribution in [0.1, 0.15) is 31.7 Å². The molecule has 1 aliphatic rings. The molecule has 2 aromatic carbocycles. The van der Waals surface area contributed by atoms with Crippen LogP contribution in [0.3, 0.4) is 0 Å². The second-order valence-corrected chi connectivity index (χ2v) is 6.56. The number of rotatable bonds is 6. The van der Waals surface area contributed by atoms with Crippen molar-refractivity contribution in [2.45, 2.75) is 32.7 Å². The molecule has 0 spiro atoms. The van der Waals surface area contributed by atoms with Gasteiger partial charge in [-0.05, 0) is 35.9 Å². The van der Waals surface area contributed by atoms with Gasteiger partial charge >= 0.3 is 0 Å². The minimum atomic E-state index is -0.416. The lowest BCUT2D eigenvalue weighted by Gasteiger charge is -2.23. The van der Waals surface area contributed by atoms with Gasteiger partial charge in [-0.1, -0.05) is 25.1 Å². The molecule has 0 atom stereocenters. The van der Waals surface area contributed by atoms with E-state index in [1.165, 1.54) is 17.1 Å². The van der Waals surface area contributed by atoms with Gasteiger partial charge in [-0.15, -0.1) is 0 Å². The molecule has 29 heavy (non-hydrogen) atoms. The molecule has 0 unspecified atom stereocenters. The van der Waals surface area contributed by atoms with E-state index in [0.29, 0.717) is 23.4 Å². The lowest BCUT2D eigenvalue weighted by atomic mass is 10.1. The maximum Gasteiger partial charge on any atom is 0.271 e. The van der Waals surface area contributed by atoms with Crippen LogP contribution < -0.4 is 10.6 Å². The van der Waals surface area contributed by atoms with Crippen molar-refractivity contribution in [1.82, 2.24) is 5.01 Å². The molecule has 0 bridgehead atoms. The van der Waals surface area contributed by atoms with Gasteiger partial charge in [0, 0.05) is 30.6 Å². The minimum absolute atomic E-state index is 0.125. The van der Waals surface area contributed by atoms with Crippen molar-refractivity contribution >= 4 is 34.8 Å². The van der Waals surface area contributed by atoms with Crippen LogP contribution in [-0.4, -0.2) is 28.4 Å². The number of nitrogens with zero attached hydrogens (tertiary/aromatic N) is 2. The Morgan fingerprint density at radius 2 is 1.76 bits per heavy atom. The molecule has 1 heterocycles. The first-order valence-corrected chi connectivity index (χ1v) is 9.28. The molecule has 0 fully saturated rings. The lowest BCUT2D eigenvalue weighted by molar-refractivity contribution is -0.132. The van der Waals surface area contributed by atoms with Gasteiger partial charge in [0.15, 0.2) is 0 Å². The van der Waals surface area contributed by atoms with E-state index < -0.39 is 5.91 Å². The summed E-state index contributed by atoms with van der Waals surface area (Å²) < 4.78 is 13.1. The van der Waals surface area contributed by atoms with Crippen molar-refractivity contribution in [3.05, 3.63) is 59.9 Å². The number of amides is 3. The van der Waals surface area contributed by atoms with Crippen molar-refractivity contribution in [3.63, 3.8) is 0 Å². The summed E-state index contributed by atoms with van der Waals surface area (Å²) in [5, 5.41) is 10.9. The van der Waals surface area contributed by atoms with E-state index in [-0.39, 0.29) is 42.7 Å². The van der Waals surface area contributed by atoms with Crippen LogP contribution in [0.25, 0.3) is 0 Å². The Morgan fingerprint density at radius 3 is 2.45 bits per heavy atom. The highest BCUT2D eigenvalue weighted by molar-refractivity contribution is 6.43. The Bertz CT molecular complexity index is 957. The number of carbonyl (C=O) groups is 3. The number of halogens is 1. The van der Waals surface area contributed by atoms with E-state index in [0.717, 1.165) is 0 Å². The third kappa shape index (κ3) is 5.47. The molecule has 3 amide bonds. The van der Waals surface area contributed by atoms with E-state index in [1.54, 1.807) is 43.3 Å². The first kappa shape index (κ1) is 20.2. The zero-order valence-electron chi connectivity index (χ0n) is 15.9. The number of nitrogens with one attached hydrogen (secondary N) is 2. The number of anilines is 2. The fourth-order valence-corrected chi connectivity index (χ4v) is 2.78. The van der Waals surface area contributed by atoms with Crippen LogP contribution in [0.15, 0.2) is 53.6 Å². The molecule has 3 rings (SSSR count). The van der Waals surface area contributed by atoms with E-state index >= 15 is 0 Å². The van der Waals surface area contributed by atoms with Crippen LogP contribution in [0, 0.1) is 5.82 Å². The van der Waals surface area contributed by atoms with E-state index in [2.05, 4.69) is 15.7 Å². The third-order valence-electron chi connectivity index (χ3n) is 4.34. The van der Waals surface area contributed by atoms with Crippen molar-refractivity contribution < 1.29 is 18.8 Å². The summed E-state index contributed by atoms with van der Waals surface area (Å²) in [4.78, 5) is 36.3. The highest BCUT2D eigenvalue weighted by atomic mass is 19.1. The Labute approximate surface area is 167 Å². The standard InChI is InChI=1S/C21H21FN4O3/c1-2-19(27)23-16-4-3-5-17(12-16)24-21(29)18-10-11-20(28)26(25-18)13-14-6-8-15(22)9-7-14/h3-9,12H,2,10-11,13H2,1H3,(H,23,27)(H,24,29). The monoisotopic (exact) mass is 396 g/mol. The summed E-state index contributed by atoms with van der Waals surface area (Å²) in [5.74, 6) is -1.10. The van der Waals surface area contributed by atoms with Gasteiger partial charge in [0.2, 0.25) is 11.8 Å². The molecule has 7 nitrogen and oxygen atoms in total. The van der Waals surface area contributed by atoms with Gasteiger partial charge in [-0.3, -0.25) is 14.4 Å².